The quantitative estimate of drug-likeness (QED) is 0.241. The van der Waals surface area contributed by atoms with Gasteiger partial charge in [-0.25, -0.2) is 0 Å². The SMILES string of the molecule is C[S@@](=O)/C=C/C(=O)NCCO[C@@H]1O[C@H](CO)[C@@H](O)[C@H](O)[C@H]1O. The van der Waals surface area contributed by atoms with E-state index >= 15 is 0 Å². The van der Waals surface area contributed by atoms with Crippen molar-refractivity contribution in [1.82, 2.24) is 5.32 Å². The first kappa shape index (κ1) is 19.2. The zero-order valence-electron chi connectivity index (χ0n) is 12.0. The lowest BCUT2D eigenvalue weighted by molar-refractivity contribution is -0.300. The van der Waals surface area contributed by atoms with Crippen molar-refractivity contribution in [2.45, 2.75) is 30.7 Å². The Morgan fingerprint density at radius 3 is 2.59 bits per heavy atom. The van der Waals surface area contributed by atoms with Gasteiger partial charge in [0, 0.05) is 35.1 Å². The molecule has 5 N–H and O–H groups in total. The van der Waals surface area contributed by atoms with Crippen molar-refractivity contribution in [1.29, 1.82) is 0 Å². The molecule has 1 saturated heterocycles. The third kappa shape index (κ3) is 5.72. The Morgan fingerprint density at radius 2 is 2.00 bits per heavy atom. The monoisotopic (exact) mass is 339 g/mol. The molecule has 10 heteroatoms. The lowest BCUT2D eigenvalue weighted by atomic mass is 9.99. The fraction of sp³-hybridized carbons (Fsp3) is 0.750. The molecule has 6 atom stereocenters. The lowest BCUT2D eigenvalue weighted by Crippen LogP contribution is -2.59. The third-order valence-electron chi connectivity index (χ3n) is 2.94. The zero-order chi connectivity index (χ0) is 16.7. The molecule has 0 saturated carbocycles. The second kappa shape index (κ2) is 9.30. The van der Waals surface area contributed by atoms with Crippen LogP contribution in [0, 0.1) is 0 Å². The van der Waals surface area contributed by atoms with E-state index in [9.17, 15) is 24.3 Å². The van der Waals surface area contributed by atoms with Gasteiger partial charge >= 0.3 is 0 Å². The highest BCUT2D eigenvalue weighted by atomic mass is 32.2. The van der Waals surface area contributed by atoms with E-state index in [1.54, 1.807) is 0 Å². The summed E-state index contributed by atoms with van der Waals surface area (Å²) in [5, 5.41) is 41.5. The Hall–Kier alpha value is -0.880. The van der Waals surface area contributed by atoms with Crippen molar-refractivity contribution in [3.63, 3.8) is 0 Å². The van der Waals surface area contributed by atoms with Gasteiger partial charge in [-0.2, -0.15) is 0 Å². The highest BCUT2D eigenvalue weighted by Gasteiger charge is 2.43. The molecule has 0 bridgehead atoms. The lowest BCUT2D eigenvalue weighted by Gasteiger charge is -2.39. The fourth-order valence-corrected chi connectivity index (χ4v) is 2.09. The number of aliphatic hydroxyl groups excluding tert-OH is 4. The smallest absolute Gasteiger partial charge is 0.244 e. The first-order valence-electron chi connectivity index (χ1n) is 6.57. The predicted octanol–water partition coefficient (Wildman–Crippen LogP) is -3.19. The Balaban J connectivity index is 2.35. The van der Waals surface area contributed by atoms with E-state index in [0.29, 0.717) is 0 Å². The molecule has 1 amide bonds. The zero-order valence-corrected chi connectivity index (χ0v) is 12.8. The van der Waals surface area contributed by atoms with E-state index < -0.39 is 54.0 Å². The van der Waals surface area contributed by atoms with Crippen LogP contribution in [0.5, 0.6) is 0 Å². The molecule has 1 rings (SSSR count). The highest BCUT2D eigenvalue weighted by Crippen LogP contribution is 2.21. The number of hydrogen-bond acceptors (Lipinski definition) is 8. The van der Waals surface area contributed by atoms with Crippen molar-refractivity contribution >= 4 is 16.7 Å². The molecule has 0 spiro atoms. The van der Waals surface area contributed by atoms with Gasteiger partial charge in [-0.1, -0.05) is 0 Å². The summed E-state index contributed by atoms with van der Waals surface area (Å²) >= 11 is 0. The fourth-order valence-electron chi connectivity index (χ4n) is 1.77. The molecule has 0 aromatic carbocycles. The van der Waals surface area contributed by atoms with Crippen molar-refractivity contribution < 1.29 is 38.9 Å². The van der Waals surface area contributed by atoms with Crippen LogP contribution in [0.1, 0.15) is 0 Å². The first-order valence-corrected chi connectivity index (χ1v) is 8.19. The van der Waals surface area contributed by atoms with Crippen LogP contribution in [-0.2, 0) is 25.1 Å². The maximum absolute atomic E-state index is 11.3. The van der Waals surface area contributed by atoms with Crippen LogP contribution in [0.4, 0.5) is 0 Å². The van der Waals surface area contributed by atoms with Gasteiger partial charge in [0.05, 0.1) is 13.2 Å². The number of aliphatic hydroxyl groups is 4. The van der Waals surface area contributed by atoms with Crippen molar-refractivity contribution in [2.24, 2.45) is 0 Å². The Labute approximate surface area is 130 Å². The minimum atomic E-state index is -1.51. The molecule has 1 heterocycles. The standard InChI is InChI=1S/C12H21NO8S/c1-22(19)5-2-8(15)13-3-4-20-12-11(18)10(17)9(16)7(6-14)21-12/h2,5,7,9-12,14,16-18H,3-4,6H2,1H3,(H,13,15)/b5-2+/t7-,9-,10+,11-,12-,22-/m1/s1. The number of rotatable bonds is 7. The summed E-state index contributed by atoms with van der Waals surface area (Å²) in [5.74, 6) is -0.451. The third-order valence-corrected chi connectivity index (χ3v) is 3.46. The van der Waals surface area contributed by atoms with Crippen molar-refractivity contribution in [2.75, 3.05) is 26.0 Å². The normalized spacial score (nSPS) is 33.8. The first-order chi connectivity index (χ1) is 10.4. The molecule has 0 aromatic heterocycles. The molecule has 0 radical (unpaired) electrons. The number of carbonyl (C=O) groups excluding carboxylic acids is 1. The van der Waals surface area contributed by atoms with Crippen LogP contribution in [0.15, 0.2) is 11.5 Å². The molecule has 0 unspecified atom stereocenters. The number of hydrogen-bond donors (Lipinski definition) is 5. The second-order valence-corrected chi connectivity index (χ2v) is 5.93. The maximum Gasteiger partial charge on any atom is 0.244 e. The topological polar surface area (TPSA) is 146 Å². The minimum absolute atomic E-state index is 0.0303. The highest BCUT2D eigenvalue weighted by molar-refractivity contribution is 7.87. The van der Waals surface area contributed by atoms with Gasteiger partial charge < -0.3 is 35.2 Å². The van der Waals surface area contributed by atoms with E-state index in [0.717, 1.165) is 6.08 Å². The number of nitrogens with one attached hydrogen (secondary N) is 1. The average molecular weight is 339 g/mol. The Bertz CT molecular complexity index is 416. The maximum atomic E-state index is 11.3. The van der Waals surface area contributed by atoms with Crippen LogP contribution in [0.3, 0.4) is 0 Å². The van der Waals surface area contributed by atoms with Gasteiger partial charge in [0.15, 0.2) is 6.29 Å². The van der Waals surface area contributed by atoms with Crippen LogP contribution < -0.4 is 5.32 Å². The largest absolute Gasteiger partial charge is 0.394 e. The molecular formula is C12H21NO8S. The minimum Gasteiger partial charge on any atom is -0.394 e. The van der Waals surface area contributed by atoms with Gasteiger partial charge in [0.2, 0.25) is 5.91 Å². The molecule has 22 heavy (non-hydrogen) atoms. The van der Waals surface area contributed by atoms with E-state index in [1.807, 2.05) is 0 Å². The van der Waals surface area contributed by atoms with E-state index in [-0.39, 0.29) is 13.2 Å². The molecule has 1 fully saturated rings. The molecule has 0 aromatic rings. The van der Waals surface area contributed by atoms with Crippen LogP contribution in [0.25, 0.3) is 0 Å². The molecule has 0 aliphatic carbocycles. The Kier molecular flexibility index (Phi) is 8.10. The van der Waals surface area contributed by atoms with Crippen molar-refractivity contribution in [3.8, 4) is 0 Å². The van der Waals surface area contributed by atoms with Crippen LogP contribution in [-0.4, -0.2) is 87.3 Å². The summed E-state index contributed by atoms with van der Waals surface area (Å²) in [5.41, 5.74) is 0. The van der Waals surface area contributed by atoms with E-state index in [2.05, 4.69) is 5.32 Å². The van der Waals surface area contributed by atoms with Gasteiger partial charge in [-0.05, 0) is 0 Å². The van der Waals surface area contributed by atoms with Crippen LogP contribution >= 0.6 is 0 Å². The summed E-state index contributed by atoms with van der Waals surface area (Å²) in [6.07, 6.45) is -4.15. The number of amides is 1. The van der Waals surface area contributed by atoms with Gasteiger partial charge in [-0.15, -0.1) is 0 Å². The Morgan fingerprint density at radius 1 is 1.32 bits per heavy atom. The predicted molar refractivity (Wildman–Crippen MR) is 75.9 cm³/mol. The van der Waals surface area contributed by atoms with E-state index in [4.69, 9.17) is 14.6 Å². The second-order valence-electron chi connectivity index (χ2n) is 4.66. The summed E-state index contributed by atoms with van der Waals surface area (Å²) in [7, 11) is -1.22. The average Bonchev–Trinajstić information content (AvgIpc) is 2.49. The molecule has 128 valence electrons. The molecule has 1 aliphatic rings. The summed E-state index contributed by atoms with van der Waals surface area (Å²) in [4.78, 5) is 11.3. The molecule has 9 nitrogen and oxygen atoms in total. The number of ether oxygens (including phenoxy) is 2. The molecular weight excluding hydrogens is 318 g/mol. The summed E-state index contributed by atoms with van der Waals surface area (Å²) in [6, 6.07) is 0. The number of carbonyl (C=O) groups is 1. The van der Waals surface area contributed by atoms with E-state index in [1.165, 1.54) is 11.7 Å². The van der Waals surface area contributed by atoms with Crippen LogP contribution in [0.2, 0.25) is 0 Å². The van der Waals surface area contributed by atoms with Gasteiger partial charge in [-0.3, -0.25) is 9.00 Å². The summed E-state index contributed by atoms with van der Waals surface area (Å²) < 4.78 is 21.0. The summed E-state index contributed by atoms with van der Waals surface area (Å²) in [6.45, 7) is -0.480. The van der Waals surface area contributed by atoms with Gasteiger partial charge in [0.1, 0.15) is 24.4 Å². The van der Waals surface area contributed by atoms with Gasteiger partial charge in [0.25, 0.3) is 0 Å². The van der Waals surface area contributed by atoms with Crippen molar-refractivity contribution in [3.05, 3.63) is 11.5 Å². The molecule has 1 aliphatic heterocycles.